The molecule has 5 rings (SSSR count). The van der Waals surface area contributed by atoms with Crippen molar-refractivity contribution in [1.82, 2.24) is 15.6 Å². The second kappa shape index (κ2) is 8.37. The Balaban J connectivity index is 1.48. The molecule has 32 heavy (non-hydrogen) atoms. The molecule has 0 spiro atoms. The van der Waals surface area contributed by atoms with Crippen molar-refractivity contribution in [2.45, 2.75) is 56.5 Å². The quantitative estimate of drug-likeness (QED) is 0.577. The molecule has 6 nitrogen and oxygen atoms in total. The van der Waals surface area contributed by atoms with Crippen LogP contribution in [0.2, 0.25) is 0 Å². The van der Waals surface area contributed by atoms with Crippen molar-refractivity contribution in [3.05, 3.63) is 42.0 Å². The van der Waals surface area contributed by atoms with Crippen molar-refractivity contribution in [3.8, 4) is 11.1 Å². The second-order valence-corrected chi connectivity index (χ2v) is 8.72. The van der Waals surface area contributed by atoms with Gasteiger partial charge < -0.3 is 15.3 Å². The molecule has 1 saturated carbocycles. The van der Waals surface area contributed by atoms with Crippen molar-refractivity contribution in [2.75, 3.05) is 18.0 Å². The Labute approximate surface area is 183 Å². The molecule has 2 atom stereocenters. The Bertz CT molecular complexity index is 1100. The molecule has 2 aliphatic rings. The van der Waals surface area contributed by atoms with Crippen LogP contribution in [0.1, 0.15) is 43.8 Å². The molecule has 2 aromatic carbocycles. The largest absolute Gasteiger partial charge is 0.418 e. The van der Waals surface area contributed by atoms with Gasteiger partial charge in [-0.1, -0.05) is 24.6 Å². The maximum absolute atomic E-state index is 13.0. The average molecular weight is 446 g/mol. The van der Waals surface area contributed by atoms with Gasteiger partial charge in [0.1, 0.15) is 5.52 Å². The van der Waals surface area contributed by atoms with E-state index in [4.69, 9.17) is 4.63 Å². The first-order valence-electron chi connectivity index (χ1n) is 11.0. The number of hydrogen-bond donors (Lipinski definition) is 2. The monoisotopic (exact) mass is 446 g/mol. The molecule has 2 unspecified atom stereocenters. The summed E-state index contributed by atoms with van der Waals surface area (Å²) in [7, 11) is 0. The average Bonchev–Trinajstić information content (AvgIpc) is 3.40. The number of aromatic nitrogens is 2. The first-order valence-corrected chi connectivity index (χ1v) is 11.0. The van der Waals surface area contributed by atoms with Gasteiger partial charge in [0.25, 0.3) is 0 Å². The van der Waals surface area contributed by atoms with Gasteiger partial charge in [0.2, 0.25) is 0 Å². The summed E-state index contributed by atoms with van der Waals surface area (Å²) in [5, 5.41) is 21.4. The lowest BCUT2D eigenvalue weighted by molar-refractivity contribution is -0.206. The van der Waals surface area contributed by atoms with Crippen molar-refractivity contribution < 1.29 is 22.9 Å². The van der Waals surface area contributed by atoms with Gasteiger partial charge >= 0.3 is 6.18 Å². The number of benzene rings is 2. The van der Waals surface area contributed by atoms with Gasteiger partial charge in [-0.2, -0.15) is 13.2 Å². The number of fused-ring (bicyclic) bond motifs is 1. The summed E-state index contributed by atoms with van der Waals surface area (Å²) in [6.07, 6.45) is -1.41. The fourth-order valence-corrected chi connectivity index (χ4v) is 4.62. The number of aliphatic hydroxyl groups excluding tert-OH is 1. The fraction of sp³-hybridized carbons (Fsp3) is 0.478. The standard InChI is InChI=1S/C23H25F3N4O2/c24-23(25,26)22(31)15-5-1-4-14(10-15)16-11-19-21(29-32-28-19)20(12-16)30-9-3-8-18(30)13-27-17-6-2-7-17/h1,4-5,10-12,17-18,22,27,31H,2-3,6-9,13H2. The lowest BCUT2D eigenvalue weighted by Crippen LogP contribution is -2.44. The zero-order chi connectivity index (χ0) is 22.3. The highest BCUT2D eigenvalue weighted by atomic mass is 19.4. The van der Waals surface area contributed by atoms with E-state index in [0.717, 1.165) is 31.6 Å². The summed E-state index contributed by atoms with van der Waals surface area (Å²) >= 11 is 0. The lowest BCUT2D eigenvalue weighted by Gasteiger charge is -2.32. The molecule has 1 aliphatic carbocycles. The Morgan fingerprint density at radius 3 is 2.69 bits per heavy atom. The normalized spacial score (nSPS) is 20.6. The topological polar surface area (TPSA) is 74.4 Å². The molecule has 1 saturated heterocycles. The maximum Gasteiger partial charge on any atom is 0.418 e. The minimum absolute atomic E-state index is 0.196. The Morgan fingerprint density at radius 2 is 1.94 bits per heavy atom. The highest BCUT2D eigenvalue weighted by molar-refractivity contribution is 5.93. The molecule has 0 bridgehead atoms. The highest BCUT2D eigenvalue weighted by Crippen LogP contribution is 2.38. The molecule has 1 aromatic heterocycles. The van der Waals surface area contributed by atoms with Crippen molar-refractivity contribution >= 4 is 16.7 Å². The number of nitrogens with one attached hydrogen (secondary N) is 1. The van der Waals surface area contributed by atoms with E-state index in [1.54, 1.807) is 12.1 Å². The summed E-state index contributed by atoms with van der Waals surface area (Å²) < 4.78 is 44.0. The summed E-state index contributed by atoms with van der Waals surface area (Å²) in [4.78, 5) is 2.30. The van der Waals surface area contributed by atoms with E-state index in [9.17, 15) is 18.3 Å². The Hall–Kier alpha value is -2.65. The van der Waals surface area contributed by atoms with Crippen LogP contribution in [0.5, 0.6) is 0 Å². The van der Waals surface area contributed by atoms with E-state index in [1.807, 2.05) is 6.07 Å². The zero-order valence-corrected chi connectivity index (χ0v) is 17.5. The van der Waals surface area contributed by atoms with Crippen LogP contribution in [0.4, 0.5) is 18.9 Å². The van der Waals surface area contributed by atoms with Crippen LogP contribution >= 0.6 is 0 Å². The number of alkyl halides is 3. The van der Waals surface area contributed by atoms with Gasteiger partial charge in [0, 0.05) is 25.2 Å². The first kappa shape index (κ1) is 21.2. The molecular formula is C23H25F3N4O2. The minimum atomic E-state index is -4.72. The van der Waals surface area contributed by atoms with Gasteiger partial charge in [-0.3, -0.25) is 0 Å². The van der Waals surface area contributed by atoms with Crippen molar-refractivity contribution in [2.24, 2.45) is 0 Å². The van der Waals surface area contributed by atoms with Crippen LogP contribution < -0.4 is 10.2 Å². The number of rotatable bonds is 6. The second-order valence-electron chi connectivity index (χ2n) is 8.72. The first-order chi connectivity index (χ1) is 15.4. The Morgan fingerprint density at radius 1 is 1.09 bits per heavy atom. The van der Waals surface area contributed by atoms with Crippen LogP contribution in [-0.2, 0) is 0 Å². The number of nitrogens with zero attached hydrogens (tertiary/aromatic N) is 3. The van der Waals surface area contributed by atoms with Gasteiger partial charge in [0.15, 0.2) is 11.6 Å². The van der Waals surface area contributed by atoms with Crippen LogP contribution in [0.15, 0.2) is 41.0 Å². The smallest absolute Gasteiger partial charge is 0.379 e. The minimum Gasteiger partial charge on any atom is -0.379 e. The van der Waals surface area contributed by atoms with Crippen LogP contribution in [0.3, 0.4) is 0 Å². The van der Waals surface area contributed by atoms with Gasteiger partial charge in [0.05, 0.1) is 5.69 Å². The molecule has 0 radical (unpaired) electrons. The zero-order valence-electron chi connectivity index (χ0n) is 17.5. The molecule has 1 aliphatic heterocycles. The van der Waals surface area contributed by atoms with E-state index >= 15 is 0 Å². The number of halogens is 3. The van der Waals surface area contributed by atoms with Crippen molar-refractivity contribution in [3.63, 3.8) is 0 Å². The van der Waals surface area contributed by atoms with E-state index in [2.05, 4.69) is 20.5 Å². The highest BCUT2D eigenvalue weighted by Gasteiger charge is 2.39. The predicted molar refractivity (Wildman–Crippen MR) is 114 cm³/mol. The maximum atomic E-state index is 13.0. The van der Waals surface area contributed by atoms with Gasteiger partial charge in [-0.25, -0.2) is 4.63 Å². The molecule has 2 fully saturated rings. The third kappa shape index (κ3) is 4.06. The van der Waals surface area contributed by atoms with E-state index in [0.29, 0.717) is 34.2 Å². The molecule has 9 heteroatoms. The van der Waals surface area contributed by atoms with Gasteiger partial charge in [-0.05, 0) is 70.9 Å². The van der Waals surface area contributed by atoms with E-state index < -0.39 is 12.3 Å². The fourth-order valence-electron chi connectivity index (χ4n) is 4.62. The number of hydrogen-bond acceptors (Lipinski definition) is 6. The molecule has 2 heterocycles. The van der Waals surface area contributed by atoms with Crippen LogP contribution in [-0.4, -0.2) is 46.8 Å². The van der Waals surface area contributed by atoms with Crippen LogP contribution in [0.25, 0.3) is 22.2 Å². The molecule has 0 amide bonds. The van der Waals surface area contributed by atoms with Gasteiger partial charge in [-0.15, -0.1) is 0 Å². The summed E-state index contributed by atoms with van der Waals surface area (Å²) in [6, 6.07) is 10.5. The molecular weight excluding hydrogens is 421 g/mol. The summed E-state index contributed by atoms with van der Waals surface area (Å²) in [6.45, 7) is 1.75. The predicted octanol–water partition coefficient (Wildman–Crippen LogP) is 4.60. The third-order valence-corrected chi connectivity index (χ3v) is 6.62. The SMILES string of the molecule is OC(c1cccc(-c2cc(N3CCCC3CNC3CCC3)c3nonc3c2)c1)C(F)(F)F. The third-order valence-electron chi connectivity index (χ3n) is 6.62. The molecule has 2 N–H and O–H groups in total. The van der Waals surface area contributed by atoms with E-state index in [1.165, 1.54) is 37.5 Å². The van der Waals surface area contributed by atoms with Crippen molar-refractivity contribution in [1.29, 1.82) is 0 Å². The molecule has 3 aromatic rings. The Kier molecular flexibility index (Phi) is 5.54. The van der Waals surface area contributed by atoms with Crippen LogP contribution in [0, 0.1) is 0 Å². The summed E-state index contributed by atoms with van der Waals surface area (Å²) in [5.41, 5.74) is 3.15. The molecule has 170 valence electrons. The number of anilines is 1. The summed E-state index contributed by atoms with van der Waals surface area (Å²) in [5.74, 6) is 0. The van der Waals surface area contributed by atoms with E-state index in [-0.39, 0.29) is 5.56 Å². The lowest BCUT2D eigenvalue weighted by atomic mass is 9.93. The number of aliphatic hydroxyl groups is 1.